The van der Waals surface area contributed by atoms with E-state index in [-0.39, 0.29) is 0 Å². The van der Waals surface area contributed by atoms with Gasteiger partial charge in [0, 0.05) is 42.4 Å². The number of carbonyl (C=O) groups is 1. The van der Waals surface area contributed by atoms with Gasteiger partial charge in [-0.25, -0.2) is 4.79 Å². The Morgan fingerprint density at radius 1 is 1.35 bits per heavy atom. The van der Waals surface area contributed by atoms with Gasteiger partial charge in [-0.15, -0.1) is 0 Å². The number of hydrogen-bond donors (Lipinski definition) is 0. The smallest absolute Gasteiger partial charge is 0.336 e. The van der Waals surface area contributed by atoms with Gasteiger partial charge in [-0.1, -0.05) is 0 Å². The second kappa shape index (κ2) is 4.41. The summed E-state index contributed by atoms with van der Waals surface area (Å²) in [5.74, 6) is 0. The lowest BCUT2D eigenvalue weighted by atomic mass is 10.1. The lowest BCUT2D eigenvalue weighted by Gasteiger charge is -2.16. The van der Waals surface area contributed by atoms with Gasteiger partial charge >= 0.3 is 5.63 Å². The summed E-state index contributed by atoms with van der Waals surface area (Å²) in [4.78, 5) is 24.2. The zero-order chi connectivity index (χ0) is 12.4. The second-order valence-corrected chi connectivity index (χ2v) is 3.83. The molecule has 1 heterocycles. The first-order valence-corrected chi connectivity index (χ1v) is 5.40. The zero-order valence-corrected chi connectivity index (χ0v) is 9.77. The Labute approximate surface area is 98.5 Å². The fourth-order valence-corrected chi connectivity index (χ4v) is 1.69. The van der Waals surface area contributed by atoms with E-state index in [0.29, 0.717) is 22.8 Å². The minimum Gasteiger partial charge on any atom is -0.423 e. The average molecular weight is 231 g/mol. The molecule has 0 aliphatic heterocycles. The molecule has 17 heavy (non-hydrogen) atoms. The highest BCUT2D eigenvalue weighted by molar-refractivity contribution is 5.96. The topological polar surface area (TPSA) is 50.5 Å². The SMILES string of the molecule is CCN(C)c1ccc2c(C=O)cc(=O)oc2c1. The Bertz CT molecular complexity index is 616. The molecule has 2 aromatic rings. The van der Waals surface area contributed by atoms with Gasteiger partial charge in [-0.2, -0.15) is 0 Å². The van der Waals surface area contributed by atoms with Crippen molar-refractivity contribution in [1.29, 1.82) is 0 Å². The summed E-state index contributed by atoms with van der Waals surface area (Å²) in [6.07, 6.45) is 0.669. The molecular formula is C13H13NO3. The van der Waals surface area contributed by atoms with Crippen LogP contribution in [0.3, 0.4) is 0 Å². The third kappa shape index (κ3) is 2.06. The number of benzene rings is 1. The molecule has 88 valence electrons. The van der Waals surface area contributed by atoms with E-state index >= 15 is 0 Å². The third-order valence-electron chi connectivity index (χ3n) is 2.80. The molecule has 1 aromatic heterocycles. The maximum atomic E-state index is 11.3. The summed E-state index contributed by atoms with van der Waals surface area (Å²) in [6.45, 7) is 2.88. The van der Waals surface area contributed by atoms with E-state index in [4.69, 9.17) is 4.42 Å². The maximum absolute atomic E-state index is 11.3. The Kier molecular flexibility index (Phi) is 2.95. The number of rotatable bonds is 3. The van der Waals surface area contributed by atoms with Crippen molar-refractivity contribution in [2.45, 2.75) is 6.92 Å². The minimum atomic E-state index is -0.504. The summed E-state index contributed by atoms with van der Waals surface area (Å²) in [5.41, 5.74) is 1.25. The van der Waals surface area contributed by atoms with E-state index in [0.717, 1.165) is 12.2 Å². The molecule has 4 nitrogen and oxygen atoms in total. The molecule has 0 fully saturated rings. The molecule has 0 saturated carbocycles. The van der Waals surface area contributed by atoms with Crippen LogP contribution < -0.4 is 10.5 Å². The van der Waals surface area contributed by atoms with Crippen molar-refractivity contribution in [1.82, 2.24) is 0 Å². The molecule has 0 radical (unpaired) electrons. The van der Waals surface area contributed by atoms with E-state index in [1.807, 2.05) is 24.9 Å². The standard InChI is InChI=1S/C13H13NO3/c1-3-14(2)10-4-5-11-9(8-15)6-13(16)17-12(11)7-10/h4-8H,3H2,1-2H3. The van der Waals surface area contributed by atoms with Gasteiger partial charge in [0.25, 0.3) is 0 Å². The van der Waals surface area contributed by atoms with Crippen molar-refractivity contribution in [2.75, 3.05) is 18.5 Å². The quantitative estimate of drug-likeness (QED) is 0.599. The molecule has 0 unspecified atom stereocenters. The number of hydrogen-bond acceptors (Lipinski definition) is 4. The molecular weight excluding hydrogens is 218 g/mol. The lowest BCUT2D eigenvalue weighted by Crippen LogP contribution is -2.15. The zero-order valence-electron chi connectivity index (χ0n) is 9.77. The fourth-order valence-electron chi connectivity index (χ4n) is 1.69. The van der Waals surface area contributed by atoms with Crippen LogP contribution in [0, 0.1) is 0 Å². The van der Waals surface area contributed by atoms with Gasteiger partial charge in [0.2, 0.25) is 0 Å². The molecule has 0 bridgehead atoms. The Hall–Kier alpha value is -2.10. The molecule has 0 atom stereocenters. The van der Waals surface area contributed by atoms with Crippen molar-refractivity contribution in [2.24, 2.45) is 0 Å². The van der Waals surface area contributed by atoms with Crippen LogP contribution in [-0.4, -0.2) is 19.9 Å². The largest absolute Gasteiger partial charge is 0.423 e. The Morgan fingerprint density at radius 2 is 2.12 bits per heavy atom. The van der Waals surface area contributed by atoms with Crippen molar-refractivity contribution in [3.63, 3.8) is 0 Å². The highest BCUT2D eigenvalue weighted by Crippen LogP contribution is 2.22. The third-order valence-corrected chi connectivity index (χ3v) is 2.80. The Morgan fingerprint density at radius 3 is 2.76 bits per heavy atom. The number of aldehydes is 1. The summed E-state index contributed by atoms with van der Waals surface area (Å²) in [7, 11) is 1.95. The van der Waals surface area contributed by atoms with Crippen molar-refractivity contribution in [3.05, 3.63) is 40.2 Å². The molecule has 0 spiro atoms. The van der Waals surface area contributed by atoms with Crippen molar-refractivity contribution < 1.29 is 9.21 Å². The van der Waals surface area contributed by atoms with E-state index in [1.165, 1.54) is 6.07 Å². The van der Waals surface area contributed by atoms with Crippen LogP contribution in [0.2, 0.25) is 0 Å². The highest BCUT2D eigenvalue weighted by atomic mass is 16.4. The maximum Gasteiger partial charge on any atom is 0.336 e. The van der Waals surface area contributed by atoms with Crippen LogP contribution in [0.25, 0.3) is 11.0 Å². The van der Waals surface area contributed by atoms with Crippen LogP contribution in [0.5, 0.6) is 0 Å². The van der Waals surface area contributed by atoms with Crippen molar-refractivity contribution in [3.8, 4) is 0 Å². The number of nitrogens with zero attached hydrogens (tertiary/aromatic N) is 1. The van der Waals surface area contributed by atoms with Gasteiger partial charge in [-0.3, -0.25) is 4.79 Å². The monoisotopic (exact) mass is 231 g/mol. The highest BCUT2D eigenvalue weighted by Gasteiger charge is 2.07. The van der Waals surface area contributed by atoms with E-state index in [2.05, 4.69) is 0 Å². The molecule has 4 heteroatoms. The van der Waals surface area contributed by atoms with Crippen molar-refractivity contribution >= 4 is 22.9 Å². The normalized spacial score (nSPS) is 10.5. The second-order valence-electron chi connectivity index (χ2n) is 3.83. The van der Waals surface area contributed by atoms with Gasteiger partial charge in [0.15, 0.2) is 6.29 Å². The van der Waals surface area contributed by atoms with Gasteiger partial charge < -0.3 is 9.32 Å². The van der Waals surface area contributed by atoms with E-state index < -0.39 is 5.63 Å². The molecule has 0 aliphatic carbocycles. The molecule has 0 amide bonds. The molecule has 0 aliphatic rings. The van der Waals surface area contributed by atoms with Crippen LogP contribution in [-0.2, 0) is 0 Å². The van der Waals surface area contributed by atoms with Gasteiger partial charge in [0.05, 0.1) is 0 Å². The lowest BCUT2D eigenvalue weighted by molar-refractivity contribution is 0.112. The van der Waals surface area contributed by atoms with E-state index in [9.17, 15) is 9.59 Å². The number of carbonyl (C=O) groups excluding carboxylic acids is 1. The molecule has 2 rings (SSSR count). The predicted molar refractivity (Wildman–Crippen MR) is 66.8 cm³/mol. The number of fused-ring (bicyclic) bond motifs is 1. The summed E-state index contributed by atoms with van der Waals surface area (Å²) in [5, 5.41) is 0.660. The average Bonchev–Trinajstić information content (AvgIpc) is 2.35. The molecule has 0 N–H and O–H groups in total. The summed E-state index contributed by atoms with van der Waals surface area (Å²) < 4.78 is 5.10. The first-order chi connectivity index (χ1) is 8.15. The van der Waals surface area contributed by atoms with E-state index in [1.54, 1.807) is 12.1 Å². The van der Waals surface area contributed by atoms with Gasteiger partial charge in [-0.05, 0) is 19.1 Å². The Balaban J connectivity index is 2.69. The fraction of sp³-hybridized carbons (Fsp3) is 0.231. The summed E-state index contributed by atoms with van der Waals surface area (Å²) in [6, 6.07) is 6.67. The minimum absolute atomic E-state index is 0.363. The molecule has 1 aromatic carbocycles. The predicted octanol–water partition coefficient (Wildman–Crippen LogP) is 2.06. The first kappa shape index (κ1) is 11.4. The summed E-state index contributed by atoms with van der Waals surface area (Å²) >= 11 is 0. The van der Waals surface area contributed by atoms with Crippen LogP contribution in [0.1, 0.15) is 17.3 Å². The van der Waals surface area contributed by atoms with Crippen LogP contribution in [0.15, 0.2) is 33.5 Å². The first-order valence-electron chi connectivity index (χ1n) is 5.40. The molecule has 0 saturated heterocycles. The van der Waals surface area contributed by atoms with Gasteiger partial charge in [0.1, 0.15) is 5.58 Å². The van der Waals surface area contributed by atoms with Crippen LogP contribution >= 0.6 is 0 Å². The van der Waals surface area contributed by atoms with Crippen LogP contribution in [0.4, 0.5) is 5.69 Å². The number of anilines is 1.